The van der Waals surface area contributed by atoms with Crippen molar-refractivity contribution in [2.24, 2.45) is 5.92 Å². The maximum absolute atomic E-state index is 15.0. The van der Waals surface area contributed by atoms with Gasteiger partial charge < -0.3 is 34.1 Å². The minimum atomic E-state index is -2.27. The van der Waals surface area contributed by atoms with E-state index in [0.717, 1.165) is 18.9 Å². The molecule has 3 fully saturated rings. The molecular formula is C35H47Cl2F3N4O6Si. The van der Waals surface area contributed by atoms with Crippen LogP contribution >= 0.6 is 23.2 Å². The van der Waals surface area contributed by atoms with E-state index in [2.05, 4.69) is 44.8 Å². The lowest BCUT2D eigenvalue weighted by molar-refractivity contribution is -0.347. The Bertz CT molecular complexity index is 1600. The Labute approximate surface area is 307 Å². The fraction of sp³-hybridized carbons (Fsp3) is 0.629. The van der Waals surface area contributed by atoms with Gasteiger partial charge in [0.05, 0.1) is 24.4 Å². The summed E-state index contributed by atoms with van der Waals surface area (Å²) in [5.74, 6) is -6.44. The van der Waals surface area contributed by atoms with Crippen molar-refractivity contribution in [2.45, 2.75) is 127 Å². The highest BCUT2D eigenvalue weighted by Crippen LogP contribution is 2.43. The summed E-state index contributed by atoms with van der Waals surface area (Å²) < 4.78 is 67.8. The number of halogens is 5. The lowest BCUT2D eigenvalue weighted by atomic mass is 9.89. The van der Waals surface area contributed by atoms with Crippen molar-refractivity contribution in [3.05, 3.63) is 63.7 Å². The predicted octanol–water partition coefficient (Wildman–Crippen LogP) is 7.11. The smallest absolute Gasteiger partial charge is 0.259 e. The minimum Gasteiger partial charge on any atom is -0.412 e. The first-order valence-corrected chi connectivity index (χ1v) is 21.0. The van der Waals surface area contributed by atoms with E-state index in [4.69, 9.17) is 41.8 Å². The second kappa shape index (κ2) is 14.3. The first kappa shape index (κ1) is 38.6. The van der Waals surface area contributed by atoms with Crippen molar-refractivity contribution in [1.82, 2.24) is 16.0 Å². The van der Waals surface area contributed by atoms with Crippen molar-refractivity contribution in [1.29, 1.82) is 0 Å². The minimum absolute atomic E-state index is 0.0535. The summed E-state index contributed by atoms with van der Waals surface area (Å²) in [6.07, 6.45) is -0.521. The molecule has 2 aliphatic carbocycles. The molecule has 3 N–H and O–H groups in total. The van der Waals surface area contributed by atoms with Gasteiger partial charge in [-0.15, -0.1) is 5.53 Å². The summed E-state index contributed by atoms with van der Waals surface area (Å²) in [7, 11) is -2.27. The molecule has 0 spiro atoms. The normalized spacial score (nSPS) is 32.7. The number of anilines is 1. The SMILES string of the molecule is CC1(C)OC[C@H]2O[C@@H](C(=O)N(c3cc(Cl)cc(Cl)c3)[C@H]3CCCC3O[Si](C)(C)C(C)(C)C)[C@H](O)[C@@H](N3C=C(C4C=C(F)C(F)=C(F)C4)NN3)[C@H]2O1. The number of allylic oxidation sites excluding steroid dienone is 4. The first-order chi connectivity index (χ1) is 23.8. The summed E-state index contributed by atoms with van der Waals surface area (Å²) in [4.78, 5) is 16.6. The number of carbonyl (C=O) groups is 1. The van der Waals surface area contributed by atoms with Gasteiger partial charge in [0, 0.05) is 34.3 Å². The molecule has 1 saturated carbocycles. The van der Waals surface area contributed by atoms with Crippen LogP contribution < -0.4 is 15.9 Å². The van der Waals surface area contributed by atoms with Crippen LogP contribution in [0.3, 0.4) is 0 Å². The molecule has 3 heterocycles. The van der Waals surface area contributed by atoms with Gasteiger partial charge in [0.25, 0.3) is 5.91 Å². The van der Waals surface area contributed by atoms with E-state index >= 15 is 4.79 Å². The van der Waals surface area contributed by atoms with Crippen LogP contribution in [0.1, 0.15) is 60.3 Å². The molecule has 6 rings (SSSR count). The van der Waals surface area contributed by atoms with Gasteiger partial charge in [-0.05, 0) is 75.5 Å². The number of carbonyl (C=O) groups excluding carboxylic acids is 1. The molecule has 0 aromatic heterocycles. The van der Waals surface area contributed by atoms with Crippen LogP contribution in [0.4, 0.5) is 18.9 Å². The van der Waals surface area contributed by atoms with Crippen molar-refractivity contribution in [2.75, 3.05) is 11.5 Å². The van der Waals surface area contributed by atoms with Gasteiger partial charge in [-0.3, -0.25) is 9.80 Å². The number of benzene rings is 1. The third kappa shape index (κ3) is 7.76. The number of hydrogen-bond donors (Lipinski definition) is 3. The molecule has 0 bridgehead atoms. The van der Waals surface area contributed by atoms with Gasteiger partial charge >= 0.3 is 0 Å². The summed E-state index contributed by atoms with van der Waals surface area (Å²) >= 11 is 13.0. The van der Waals surface area contributed by atoms with Gasteiger partial charge in [-0.25, -0.2) is 13.2 Å². The molecule has 2 saturated heterocycles. The van der Waals surface area contributed by atoms with E-state index < -0.39 is 86.3 Å². The van der Waals surface area contributed by atoms with Crippen molar-refractivity contribution in [3.63, 3.8) is 0 Å². The lowest BCUT2D eigenvalue weighted by Gasteiger charge is -2.52. The number of rotatable bonds is 7. The van der Waals surface area contributed by atoms with Gasteiger partial charge in [0.1, 0.15) is 30.2 Å². The highest BCUT2D eigenvalue weighted by Gasteiger charge is 2.57. The number of amides is 1. The summed E-state index contributed by atoms with van der Waals surface area (Å²) in [6, 6.07) is 3.52. The number of hydrogen-bond acceptors (Lipinski definition) is 9. The van der Waals surface area contributed by atoms with Crippen molar-refractivity contribution in [3.8, 4) is 0 Å². The number of fused-ring (bicyclic) bond motifs is 1. The first-order valence-electron chi connectivity index (χ1n) is 17.3. The van der Waals surface area contributed by atoms with Crippen LogP contribution in [0.25, 0.3) is 0 Å². The molecule has 16 heteroatoms. The molecule has 2 unspecified atom stereocenters. The molecule has 3 aliphatic heterocycles. The quantitative estimate of drug-likeness (QED) is 0.250. The number of nitrogens with zero attached hydrogens (tertiary/aromatic N) is 2. The topological polar surface area (TPSA) is 105 Å². The van der Waals surface area contributed by atoms with Crippen LogP contribution in [0, 0.1) is 5.92 Å². The van der Waals surface area contributed by atoms with E-state index in [1.54, 1.807) is 36.9 Å². The second-order valence-corrected chi connectivity index (χ2v) is 21.5. The molecule has 1 aromatic carbocycles. The monoisotopic (exact) mass is 774 g/mol. The fourth-order valence-electron chi connectivity index (χ4n) is 7.20. The number of ether oxygens (including phenoxy) is 3. The molecule has 1 amide bonds. The average Bonchev–Trinajstić information content (AvgIpc) is 3.68. The molecular weight excluding hydrogens is 728 g/mol. The zero-order valence-electron chi connectivity index (χ0n) is 29.8. The van der Waals surface area contributed by atoms with E-state index in [1.165, 1.54) is 11.2 Å². The van der Waals surface area contributed by atoms with Crippen molar-refractivity contribution >= 4 is 43.1 Å². The highest BCUT2D eigenvalue weighted by molar-refractivity contribution is 6.74. The summed E-state index contributed by atoms with van der Waals surface area (Å²) in [6.45, 7) is 14.3. The average molecular weight is 776 g/mol. The van der Waals surface area contributed by atoms with Crippen molar-refractivity contribution < 1.29 is 41.7 Å². The van der Waals surface area contributed by atoms with E-state index in [1.807, 2.05) is 0 Å². The van der Waals surface area contributed by atoms with Crippen LogP contribution in [0.15, 0.2) is 53.7 Å². The van der Waals surface area contributed by atoms with E-state index in [0.29, 0.717) is 27.9 Å². The molecule has 1 aromatic rings. The Kier molecular flexibility index (Phi) is 10.8. The Morgan fingerprint density at radius 2 is 1.82 bits per heavy atom. The van der Waals surface area contributed by atoms with Crippen LogP contribution in [-0.2, 0) is 23.4 Å². The van der Waals surface area contributed by atoms with Gasteiger partial charge in [0.15, 0.2) is 31.9 Å². The third-order valence-corrected chi connectivity index (χ3v) is 15.8. The molecule has 8 atom stereocenters. The Morgan fingerprint density at radius 3 is 2.47 bits per heavy atom. The second-order valence-electron chi connectivity index (χ2n) is 15.9. The zero-order valence-corrected chi connectivity index (χ0v) is 32.3. The molecule has 5 aliphatic rings. The summed E-state index contributed by atoms with van der Waals surface area (Å²) in [5.41, 5.74) is 6.60. The summed E-state index contributed by atoms with van der Waals surface area (Å²) in [5, 5.41) is 14.3. The Hall–Kier alpha value is -2.14. The zero-order chi connectivity index (χ0) is 37.2. The lowest BCUT2D eigenvalue weighted by Crippen LogP contribution is -2.72. The molecule has 0 radical (unpaired) electrons. The largest absolute Gasteiger partial charge is 0.412 e. The van der Waals surface area contributed by atoms with Gasteiger partial charge in [-0.2, -0.15) is 0 Å². The number of hydrazine groups is 2. The van der Waals surface area contributed by atoms with Crippen LogP contribution in [-0.4, -0.2) is 79.3 Å². The van der Waals surface area contributed by atoms with Crippen LogP contribution in [0.2, 0.25) is 28.2 Å². The molecule has 282 valence electrons. The maximum Gasteiger partial charge on any atom is 0.259 e. The predicted molar refractivity (Wildman–Crippen MR) is 190 cm³/mol. The standard InChI is InChI=1S/C35H47Cl2F3N4O6Si/c1-34(2,3)51(6,7)50-26-10-8-9-25(26)44(21-14-19(36)13-20(37)15-21)33(46)32-30(45)29(31-27(48-32)17-47-35(4,5)49-31)43-16-24(41-42-43)18-11-22(38)28(40)23(39)12-18/h11,13-16,18,25-27,29-32,41-42,45H,8-10,12,17H2,1-7H3/t18?,25-,26?,27+,29+,30+,31-,32+/m0/s1. The van der Waals surface area contributed by atoms with E-state index in [-0.39, 0.29) is 17.7 Å². The van der Waals surface area contributed by atoms with E-state index in [9.17, 15) is 18.3 Å². The Morgan fingerprint density at radius 1 is 1.14 bits per heavy atom. The Balaban J connectivity index is 1.36. The number of nitrogens with one attached hydrogen (secondary N) is 2. The van der Waals surface area contributed by atoms with Crippen LogP contribution in [0.5, 0.6) is 0 Å². The molecule has 51 heavy (non-hydrogen) atoms. The maximum atomic E-state index is 15.0. The van der Waals surface area contributed by atoms with Gasteiger partial charge in [-0.1, -0.05) is 44.0 Å². The fourth-order valence-corrected chi connectivity index (χ4v) is 9.10. The third-order valence-electron chi connectivity index (χ3n) is 10.8. The highest BCUT2D eigenvalue weighted by atomic mass is 35.5. The van der Waals surface area contributed by atoms with Gasteiger partial charge in [0.2, 0.25) is 0 Å². The molecule has 10 nitrogen and oxygen atoms in total. The number of aliphatic hydroxyl groups is 1. The number of aliphatic hydroxyl groups excluding tert-OH is 1.